The molecule has 3 fully saturated rings. The van der Waals surface area contributed by atoms with Crippen LogP contribution >= 0.6 is 11.3 Å². The number of thiazole rings is 1. The summed E-state index contributed by atoms with van der Waals surface area (Å²) >= 11 is 1.64. The van der Waals surface area contributed by atoms with Gasteiger partial charge in [0.1, 0.15) is 0 Å². The van der Waals surface area contributed by atoms with Gasteiger partial charge in [0.05, 0.1) is 15.2 Å². The summed E-state index contributed by atoms with van der Waals surface area (Å²) in [5.74, 6) is 0.651. The van der Waals surface area contributed by atoms with Crippen molar-refractivity contribution < 1.29 is 4.79 Å². The number of benzene rings is 1. The van der Waals surface area contributed by atoms with Crippen molar-refractivity contribution in [3.05, 3.63) is 28.8 Å². The number of aryl methyl sites for hydroxylation is 1. The zero-order valence-electron chi connectivity index (χ0n) is 13.9. The molecule has 1 unspecified atom stereocenters. The van der Waals surface area contributed by atoms with E-state index in [2.05, 4.69) is 29.0 Å². The summed E-state index contributed by atoms with van der Waals surface area (Å²) in [6, 6.07) is 6.06. The Labute approximate surface area is 140 Å². The number of nitrogens with zero attached hydrogens (tertiary/aromatic N) is 2. The van der Waals surface area contributed by atoms with E-state index in [0.717, 1.165) is 33.9 Å². The Morgan fingerprint density at radius 3 is 2.78 bits per heavy atom. The van der Waals surface area contributed by atoms with Gasteiger partial charge in [-0.2, -0.15) is 0 Å². The number of hydrogen-bond donors (Lipinski definition) is 1. The van der Waals surface area contributed by atoms with Gasteiger partial charge < -0.3 is 5.32 Å². The first-order valence-electron chi connectivity index (χ1n) is 8.38. The first kappa shape index (κ1) is 15.1. The molecule has 1 N–H and O–H groups in total. The molecule has 2 bridgehead atoms. The second-order valence-electron chi connectivity index (χ2n) is 7.34. The van der Waals surface area contributed by atoms with Crippen molar-refractivity contribution >= 4 is 27.5 Å². The molecule has 3 aliphatic rings. The number of carbonyl (C=O) groups is 1. The third kappa shape index (κ3) is 2.46. The molecule has 0 aliphatic carbocycles. The maximum Gasteiger partial charge on any atom is 0.251 e. The van der Waals surface area contributed by atoms with Gasteiger partial charge in [0.2, 0.25) is 0 Å². The van der Waals surface area contributed by atoms with Crippen LogP contribution in [0.1, 0.15) is 42.1 Å². The Kier molecular flexibility index (Phi) is 3.46. The highest BCUT2D eigenvalue weighted by Crippen LogP contribution is 2.39. The van der Waals surface area contributed by atoms with Crippen molar-refractivity contribution in [3.63, 3.8) is 0 Å². The molecule has 0 saturated carbocycles. The fourth-order valence-electron chi connectivity index (χ4n) is 4.28. The monoisotopic (exact) mass is 329 g/mol. The van der Waals surface area contributed by atoms with Gasteiger partial charge in [0, 0.05) is 17.1 Å². The molecule has 122 valence electrons. The van der Waals surface area contributed by atoms with Gasteiger partial charge in [0.25, 0.3) is 5.91 Å². The van der Waals surface area contributed by atoms with Gasteiger partial charge in [0.15, 0.2) is 0 Å². The molecule has 3 aliphatic heterocycles. The zero-order valence-corrected chi connectivity index (χ0v) is 14.7. The molecule has 1 aromatic carbocycles. The lowest BCUT2D eigenvalue weighted by Gasteiger charge is -2.56. The highest BCUT2D eigenvalue weighted by Gasteiger charge is 2.48. The van der Waals surface area contributed by atoms with Gasteiger partial charge in [-0.3, -0.25) is 9.69 Å². The largest absolute Gasteiger partial charge is 0.347 e. The summed E-state index contributed by atoms with van der Waals surface area (Å²) < 4.78 is 1.09. The molecule has 23 heavy (non-hydrogen) atoms. The van der Waals surface area contributed by atoms with E-state index < -0.39 is 0 Å². The Morgan fingerprint density at radius 1 is 1.35 bits per heavy atom. The molecule has 1 atom stereocenters. The van der Waals surface area contributed by atoms with Gasteiger partial charge >= 0.3 is 0 Å². The quantitative estimate of drug-likeness (QED) is 0.920. The summed E-state index contributed by atoms with van der Waals surface area (Å²) in [5, 5.41) is 4.37. The van der Waals surface area contributed by atoms with Crippen LogP contribution in [0.5, 0.6) is 0 Å². The van der Waals surface area contributed by atoms with Gasteiger partial charge in [-0.1, -0.05) is 0 Å². The van der Waals surface area contributed by atoms with Crippen molar-refractivity contribution in [2.75, 3.05) is 13.1 Å². The van der Waals surface area contributed by atoms with Crippen LogP contribution in [0.3, 0.4) is 0 Å². The molecular weight excluding hydrogens is 306 g/mol. The van der Waals surface area contributed by atoms with Crippen LogP contribution < -0.4 is 5.32 Å². The van der Waals surface area contributed by atoms with E-state index in [0.29, 0.717) is 5.92 Å². The van der Waals surface area contributed by atoms with Gasteiger partial charge in [-0.25, -0.2) is 4.98 Å². The van der Waals surface area contributed by atoms with Crippen LogP contribution in [0.4, 0.5) is 0 Å². The number of rotatable bonds is 2. The predicted molar refractivity (Wildman–Crippen MR) is 94.0 cm³/mol. The summed E-state index contributed by atoms with van der Waals surface area (Å²) in [6.45, 7) is 8.85. The molecule has 4 heterocycles. The Balaban J connectivity index is 1.58. The van der Waals surface area contributed by atoms with E-state index in [4.69, 9.17) is 0 Å². The van der Waals surface area contributed by atoms with Crippen LogP contribution in [-0.2, 0) is 0 Å². The molecule has 4 nitrogen and oxygen atoms in total. The average molecular weight is 329 g/mol. The van der Waals surface area contributed by atoms with Gasteiger partial charge in [-0.05, 0) is 70.8 Å². The number of carbonyl (C=O) groups excluding carboxylic acids is 1. The maximum atomic E-state index is 12.8. The highest BCUT2D eigenvalue weighted by atomic mass is 32.1. The number of amides is 1. The fraction of sp³-hybridized carbons (Fsp3) is 0.556. The second-order valence-corrected chi connectivity index (χ2v) is 8.58. The number of aromatic nitrogens is 1. The lowest BCUT2D eigenvalue weighted by Crippen LogP contribution is -2.69. The van der Waals surface area contributed by atoms with Crippen molar-refractivity contribution in [2.45, 2.75) is 45.2 Å². The van der Waals surface area contributed by atoms with Gasteiger partial charge in [-0.15, -0.1) is 11.3 Å². The lowest BCUT2D eigenvalue weighted by molar-refractivity contribution is -0.0378. The molecule has 5 rings (SSSR count). The van der Waals surface area contributed by atoms with E-state index >= 15 is 0 Å². The highest BCUT2D eigenvalue weighted by molar-refractivity contribution is 7.18. The molecular formula is C18H23N3OS. The van der Waals surface area contributed by atoms with E-state index in [1.54, 1.807) is 11.3 Å². The van der Waals surface area contributed by atoms with Crippen molar-refractivity contribution in [3.8, 4) is 0 Å². The fourth-order valence-corrected chi connectivity index (χ4v) is 5.15. The molecule has 0 radical (unpaired) electrons. The number of nitrogens with one attached hydrogen (secondary N) is 1. The smallest absolute Gasteiger partial charge is 0.251 e. The van der Waals surface area contributed by atoms with Crippen LogP contribution in [0, 0.1) is 12.8 Å². The predicted octanol–water partition coefficient (Wildman–Crippen LogP) is 3.21. The topological polar surface area (TPSA) is 45.2 Å². The molecule has 1 amide bonds. The minimum atomic E-state index is 0.0437. The molecule has 0 spiro atoms. The van der Waals surface area contributed by atoms with Crippen LogP contribution in [0.15, 0.2) is 18.2 Å². The van der Waals surface area contributed by atoms with Crippen molar-refractivity contribution in [1.82, 2.24) is 15.2 Å². The molecule has 5 heteroatoms. The van der Waals surface area contributed by atoms with Crippen LogP contribution in [0.2, 0.25) is 0 Å². The normalized spacial score (nSPS) is 28.9. The third-order valence-electron chi connectivity index (χ3n) is 5.63. The zero-order chi connectivity index (χ0) is 16.2. The summed E-state index contributed by atoms with van der Waals surface area (Å²) in [7, 11) is 0. The standard InChI is InChI=1S/C18H23N3OS/c1-11-19-14-5-4-13(10-15(14)23-11)17(22)20-16-12-6-8-21(9-7-12)18(16,2)3/h4-5,10,12,16H,6-9H2,1-3H3,(H,20,22). The number of piperidine rings is 3. The SMILES string of the molecule is Cc1nc2ccc(C(=O)NC3C4CCN(CC4)C3(C)C)cc2s1. The Hall–Kier alpha value is -1.46. The van der Waals surface area contributed by atoms with Crippen molar-refractivity contribution in [1.29, 1.82) is 0 Å². The summed E-state index contributed by atoms with van der Waals surface area (Å²) in [6.07, 6.45) is 2.39. The maximum absolute atomic E-state index is 12.8. The molecule has 3 saturated heterocycles. The molecule has 2 aromatic rings. The minimum Gasteiger partial charge on any atom is -0.347 e. The van der Waals surface area contributed by atoms with Crippen LogP contribution in [0.25, 0.3) is 10.2 Å². The summed E-state index contributed by atoms with van der Waals surface area (Å²) in [5.41, 5.74) is 1.77. The first-order chi connectivity index (χ1) is 10.9. The first-order valence-corrected chi connectivity index (χ1v) is 9.20. The molecule has 1 aromatic heterocycles. The van der Waals surface area contributed by atoms with Crippen LogP contribution in [-0.4, -0.2) is 40.5 Å². The van der Waals surface area contributed by atoms with E-state index in [9.17, 15) is 4.79 Å². The summed E-state index contributed by atoms with van der Waals surface area (Å²) in [4.78, 5) is 19.8. The minimum absolute atomic E-state index is 0.0437. The average Bonchev–Trinajstić information content (AvgIpc) is 2.90. The lowest BCUT2D eigenvalue weighted by atomic mass is 9.72. The van der Waals surface area contributed by atoms with E-state index in [-0.39, 0.29) is 17.5 Å². The third-order valence-corrected chi connectivity index (χ3v) is 6.56. The second kappa shape index (κ2) is 5.28. The number of hydrogen-bond acceptors (Lipinski definition) is 4. The van der Waals surface area contributed by atoms with E-state index in [1.807, 2.05) is 25.1 Å². The number of fused-ring (bicyclic) bond motifs is 4. The Bertz CT molecular complexity index is 759. The van der Waals surface area contributed by atoms with Crippen molar-refractivity contribution in [2.24, 2.45) is 5.92 Å². The Morgan fingerprint density at radius 2 is 2.09 bits per heavy atom. The van der Waals surface area contributed by atoms with E-state index in [1.165, 1.54) is 12.8 Å².